The molecular weight excluding hydrogens is 310 g/mol. The maximum absolute atomic E-state index is 9.64. The average Bonchev–Trinajstić information content (AvgIpc) is 2.98. The van der Waals surface area contributed by atoms with E-state index in [2.05, 4.69) is 22.5 Å². The van der Waals surface area contributed by atoms with Crippen LogP contribution in [0, 0.1) is 23.2 Å². The van der Waals surface area contributed by atoms with Crippen LogP contribution in [-0.2, 0) is 13.1 Å². The second-order valence-electron chi connectivity index (χ2n) is 5.61. The van der Waals surface area contributed by atoms with Gasteiger partial charge in [0.1, 0.15) is 17.5 Å². The molecule has 1 aromatic heterocycles. The highest BCUT2D eigenvalue weighted by Crippen LogP contribution is 2.28. The van der Waals surface area contributed by atoms with Crippen molar-refractivity contribution >= 4 is 10.9 Å². The molecule has 0 amide bonds. The molecule has 124 valence electrons. The summed E-state index contributed by atoms with van der Waals surface area (Å²) in [5.74, 6) is 7.10. The summed E-state index contributed by atoms with van der Waals surface area (Å²) in [5, 5.41) is 10.5. The topological polar surface area (TPSA) is 64.0 Å². The first-order valence-electron chi connectivity index (χ1n) is 8.13. The normalized spacial score (nSPS) is 10.2. The molecule has 25 heavy (non-hydrogen) atoms. The predicted octanol–water partition coefficient (Wildman–Crippen LogP) is 3.40. The van der Waals surface area contributed by atoms with Gasteiger partial charge in [-0.1, -0.05) is 18.1 Å². The van der Waals surface area contributed by atoms with E-state index in [1.165, 1.54) is 0 Å². The van der Waals surface area contributed by atoms with Gasteiger partial charge < -0.3 is 15.0 Å². The number of nitriles is 1. The second kappa shape index (κ2) is 7.13. The average molecular weight is 329 g/mol. The van der Waals surface area contributed by atoms with Crippen LogP contribution >= 0.6 is 0 Å². The number of hydrogen-bond acceptors (Lipinski definition) is 3. The lowest BCUT2D eigenvalue weighted by Gasteiger charge is -2.04. The maximum Gasteiger partial charge on any atom is 0.120 e. The molecule has 4 nitrogen and oxygen atoms in total. The lowest BCUT2D eigenvalue weighted by atomic mass is 10.1. The molecular formula is C21H19N3O. The van der Waals surface area contributed by atoms with Crippen LogP contribution in [-0.4, -0.2) is 11.7 Å². The van der Waals surface area contributed by atoms with E-state index in [1.807, 2.05) is 49.4 Å². The zero-order chi connectivity index (χ0) is 17.8. The summed E-state index contributed by atoms with van der Waals surface area (Å²) in [5.41, 5.74) is 9.88. The van der Waals surface area contributed by atoms with Gasteiger partial charge >= 0.3 is 0 Å². The summed E-state index contributed by atoms with van der Waals surface area (Å²) in [6.07, 6.45) is 0. The summed E-state index contributed by atoms with van der Waals surface area (Å²) < 4.78 is 7.37. The number of benzene rings is 2. The molecule has 0 aliphatic carbocycles. The van der Waals surface area contributed by atoms with Crippen LogP contribution in [0.3, 0.4) is 0 Å². The highest BCUT2D eigenvalue weighted by molar-refractivity contribution is 5.90. The summed E-state index contributed by atoms with van der Waals surface area (Å²) in [4.78, 5) is 0. The van der Waals surface area contributed by atoms with Gasteiger partial charge in [0.25, 0.3) is 0 Å². The van der Waals surface area contributed by atoms with Crippen molar-refractivity contribution in [3.8, 4) is 23.7 Å². The van der Waals surface area contributed by atoms with Gasteiger partial charge in [0.15, 0.2) is 0 Å². The molecule has 4 heteroatoms. The van der Waals surface area contributed by atoms with Crippen LogP contribution < -0.4 is 10.5 Å². The molecule has 0 radical (unpaired) electrons. The van der Waals surface area contributed by atoms with Gasteiger partial charge in [-0.25, -0.2) is 0 Å². The molecule has 0 saturated heterocycles. The lowest BCUT2D eigenvalue weighted by molar-refractivity contribution is 0.415. The Hall–Kier alpha value is -3.21. The fourth-order valence-corrected chi connectivity index (χ4v) is 2.88. The molecule has 0 spiro atoms. The highest BCUT2D eigenvalue weighted by atomic mass is 16.5. The molecule has 0 fully saturated rings. The minimum Gasteiger partial charge on any atom is -0.497 e. The maximum atomic E-state index is 9.64. The van der Waals surface area contributed by atoms with Gasteiger partial charge in [-0.15, -0.1) is 0 Å². The van der Waals surface area contributed by atoms with Gasteiger partial charge in [0, 0.05) is 30.1 Å². The Morgan fingerprint density at radius 1 is 1.12 bits per heavy atom. The molecule has 0 unspecified atom stereocenters. The Labute approximate surface area is 147 Å². The zero-order valence-electron chi connectivity index (χ0n) is 14.3. The second-order valence-corrected chi connectivity index (χ2v) is 5.61. The van der Waals surface area contributed by atoms with Crippen molar-refractivity contribution in [3.05, 3.63) is 64.8 Å². The van der Waals surface area contributed by atoms with Crippen LogP contribution in [0.2, 0.25) is 0 Å². The number of nitrogens with zero attached hydrogens (tertiary/aromatic N) is 2. The van der Waals surface area contributed by atoms with Gasteiger partial charge in [0.05, 0.1) is 18.2 Å². The first-order valence-corrected chi connectivity index (χ1v) is 8.13. The third-order valence-corrected chi connectivity index (χ3v) is 4.21. The molecule has 0 bridgehead atoms. The van der Waals surface area contributed by atoms with Crippen LogP contribution in [0.1, 0.15) is 29.3 Å². The Morgan fingerprint density at radius 3 is 2.48 bits per heavy atom. The number of aromatic nitrogens is 1. The van der Waals surface area contributed by atoms with Gasteiger partial charge in [-0.2, -0.15) is 5.26 Å². The minimum atomic E-state index is 0.512. The van der Waals surface area contributed by atoms with Crippen molar-refractivity contribution in [2.24, 2.45) is 5.73 Å². The molecule has 2 aromatic carbocycles. The number of ether oxygens (including phenoxy) is 1. The number of nitrogens with two attached hydrogens (primary N) is 1. The number of hydrogen-bond donors (Lipinski definition) is 1. The van der Waals surface area contributed by atoms with Crippen LogP contribution in [0.5, 0.6) is 5.75 Å². The molecule has 3 rings (SSSR count). The number of fused-ring (bicyclic) bond motifs is 1. The third kappa shape index (κ3) is 3.08. The molecule has 3 aromatic rings. The number of methoxy groups -OCH3 is 1. The molecule has 0 aliphatic rings. The summed E-state index contributed by atoms with van der Waals surface area (Å²) in [6, 6.07) is 15.9. The van der Waals surface area contributed by atoms with Crippen LogP contribution in [0.4, 0.5) is 0 Å². The fraction of sp³-hybridized carbons (Fsp3) is 0.190. The number of rotatable bonds is 3. The summed E-state index contributed by atoms with van der Waals surface area (Å²) >= 11 is 0. The molecule has 1 heterocycles. The van der Waals surface area contributed by atoms with E-state index in [4.69, 9.17) is 10.5 Å². The van der Waals surface area contributed by atoms with Crippen molar-refractivity contribution in [2.75, 3.05) is 7.11 Å². The number of aryl methyl sites for hydroxylation is 1. The third-order valence-electron chi connectivity index (χ3n) is 4.21. The van der Waals surface area contributed by atoms with Crippen molar-refractivity contribution in [3.63, 3.8) is 0 Å². The van der Waals surface area contributed by atoms with E-state index in [0.29, 0.717) is 12.1 Å². The Bertz CT molecular complexity index is 1010. The monoisotopic (exact) mass is 329 g/mol. The summed E-state index contributed by atoms with van der Waals surface area (Å²) in [6.45, 7) is 3.28. The smallest absolute Gasteiger partial charge is 0.120 e. The van der Waals surface area contributed by atoms with Gasteiger partial charge in [-0.3, -0.25) is 0 Å². The van der Waals surface area contributed by atoms with E-state index in [9.17, 15) is 5.26 Å². The van der Waals surface area contributed by atoms with Crippen molar-refractivity contribution in [1.82, 2.24) is 4.57 Å². The minimum absolute atomic E-state index is 0.512. The predicted molar refractivity (Wildman–Crippen MR) is 99.2 cm³/mol. The largest absolute Gasteiger partial charge is 0.497 e. The molecule has 0 atom stereocenters. The fourth-order valence-electron chi connectivity index (χ4n) is 2.88. The van der Waals surface area contributed by atoms with E-state index in [0.717, 1.165) is 40.0 Å². The highest BCUT2D eigenvalue weighted by Gasteiger charge is 2.15. The van der Waals surface area contributed by atoms with Gasteiger partial charge in [-0.05, 0) is 42.7 Å². The molecule has 2 N–H and O–H groups in total. The van der Waals surface area contributed by atoms with Crippen molar-refractivity contribution in [2.45, 2.75) is 20.0 Å². The molecule has 0 saturated carbocycles. The molecule has 0 aliphatic heterocycles. The first kappa shape index (κ1) is 16.6. The van der Waals surface area contributed by atoms with E-state index < -0.39 is 0 Å². The van der Waals surface area contributed by atoms with E-state index in [-0.39, 0.29) is 0 Å². The van der Waals surface area contributed by atoms with Crippen molar-refractivity contribution in [1.29, 1.82) is 5.26 Å². The first-order chi connectivity index (χ1) is 12.2. The van der Waals surface area contributed by atoms with Crippen LogP contribution in [0.15, 0.2) is 42.5 Å². The van der Waals surface area contributed by atoms with Crippen LogP contribution in [0.25, 0.3) is 10.9 Å². The van der Waals surface area contributed by atoms with E-state index in [1.54, 1.807) is 7.11 Å². The zero-order valence-corrected chi connectivity index (χ0v) is 14.3. The van der Waals surface area contributed by atoms with Crippen molar-refractivity contribution < 1.29 is 4.74 Å². The quantitative estimate of drug-likeness (QED) is 0.749. The Morgan fingerprint density at radius 2 is 1.88 bits per heavy atom. The standard InChI is InChI=1S/C21H19N3O/c1-3-24-20(11-8-15-4-6-16(13-22)7-5-15)19(14-23)18-10-9-17(25-2)12-21(18)24/h4-7,9-10,12H,3,13,22H2,1-2H3. The summed E-state index contributed by atoms with van der Waals surface area (Å²) in [7, 11) is 1.64. The lowest BCUT2D eigenvalue weighted by Crippen LogP contribution is -1.98. The Balaban J connectivity index is 2.15. The van der Waals surface area contributed by atoms with E-state index >= 15 is 0 Å². The SMILES string of the molecule is CCn1c(C#Cc2ccc(CN)cc2)c(C#N)c2ccc(OC)cc21. The van der Waals surface area contributed by atoms with Gasteiger partial charge in [0.2, 0.25) is 0 Å². The Kier molecular flexibility index (Phi) is 4.75.